The van der Waals surface area contributed by atoms with Crippen molar-refractivity contribution >= 4 is 18.6 Å². The summed E-state index contributed by atoms with van der Waals surface area (Å²) in [6.45, 7) is 6.93. The fourth-order valence-corrected chi connectivity index (χ4v) is 2.65. The van der Waals surface area contributed by atoms with Crippen LogP contribution in [0.5, 0.6) is 0 Å². The number of carbonyl (C=O) groups excluding carboxylic acids is 1. The summed E-state index contributed by atoms with van der Waals surface area (Å²) in [5.41, 5.74) is 0.983. The van der Waals surface area contributed by atoms with Crippen molar-refractivity contribution in [1.82, 2.24) is 0 Å². The van der Waals surface area contributed by atoms with Crippen molar-refractivity contribution in [3.8, 4) is 0 Å². The number of esters is 1. The second-order valence-electron chi connectivity index (χ2n) is 6.20. The first-order valence-corrected chi connectivity index (χ1v) is 8.09. The zero-order valence-electron chi connectivity index (χ0n) is 13.8. The molecule has 0 atom stereocenters. The maximum absolute atomic E-state index is 12.2. The van der Waals surface area contributed by atoms with E-state index in [9.17, 15) is 4.79 Å². The van der Waals surface area contributed by atoms with Crippen LogP contribution in [0.25, 0.3) is 0 Å². The van der Waals surface area contributed by atoms with Gasteiger partial charge in [0.15, 0.2) is 0 Å². The van der Waals surface area contributed by atoms with Gasteiger partial charge in [-0.3, -0.25) is 0 Å². The lowest BCUT2D eigenvalue weighted by Gasteiger charge is -2.29. The van der Waals surface area contributed by atoms with Crippen LogP contribution in [0.1, 0.15) is 56.8 Å². The molecule has 120 valence electrons. The maximum Gasteiger partial charge on any atom is 0.495 e. The Hall–Kier alpha value is -1.33. The summed E-state index contributed by atoms with van der Waals surface area (Å²) >= 11 is 0. The summed E-state index contributed by atoms with van der Waals surface area (Å²) in [7, 11) is -0.534. The predicted molar refractivity (Wildman–Crippen MR) is 87.4 cm³/mol. The Morgan fingerprint density at radius 2 is 2.05 bits per heavy atom. The highest BCUT2D eigenvalue weighted by molar-refractivity contribution is 6.63. The number of hydrogen-bond acceptors (Lipinski definition) is 4. The van der Waals surface area contributed by atoms with Gasteiger partial charge in [0.25, 0.3) is 0 Å². The van der Waals surface area contributed by atoms with E-state index >= 15 is 0 Å². The van der Waals surface area contributed by atoms with Gasteiger partial charge in [0.05, 0.1) is 12.2 Å². The van der Waals surface area contributed by atoms with E-state index in [0.717, 1.165) is 31.1 Å². The van der Waals surface area contributed by atoms with E-state index in [0.29, 0.717) is 18.8 Å². The van der Waals surface area contributed by atoms with Gasteiger partial charge in [-0.1, -0.05) is 31.0 Å². The first-order chi connectivity index (χ1) is 10.5. The van der Waals surface area contributed by atoms with Crippen LogP contribution in [0.4, 0.5) is 0 Å². The molecule has 4 nitrogen and oxygen atoms in total. The van der Waals surface area contributed by atoms with Crippen LogP contribution in [0, 0.1) is 0 Å². The maximum atomic E-state index is 12.2. The summed E-state index contributed by atoms with van der Waals surface area (Å²) in [6, 6.07) is 7.37. The summed E-state index contributed by atoms with van der Waals surface area (Å²) in [5, 5.41) is 0. The Labute approximate surface area is 133 Å². The van der Waals surface area contributed by atoms with Crippen molar-refractivity contribution in [2.75, 3.05) is 13.2 Å². The quantitative estimate of drug-likeness (QED) is 0.636. The molecule has 0 aromatic heterocycles. The van der Waals surface area contributed by atoms with Crippen LogP contribution in [-0.4, -0.2) is 31.9 Å². The van der Waals surface area contributed by atoms with Crippen molar-refractivity contribution < 1.29 is 18.8 Å². The third-order valence-corrected chi connectivity index (χ3v) is 3.83. The minimum atomic E-state index is -0.534. The Balaban J connectivity index is 2.28. The van der Waals surface area contributed by atoms with E-state index in [-0.39, 0.29) is 11.6 Å². The third-order valence-electron chi connectivity index (χ3n) is 3.83. The zero-order chi connectivity index (χ0) is 16.0. The molecule has 5 heteroatoms. The van der Waals surface area contributed by atoms with Crippen LogP contribution in [-0.2, 0) is 14.0 Å². The Morgan fingerprint density at radius 3 is 2.82 bits per heavy atom. The van der Waals surface area contributed by atoms with Gasteiger partial charge >= 0.3 is 13.1 Å². The van der Waals surface area contributed by atoms with Gasteiger partial charge < -0.3 is 14.0 Å². The normalized spacial score (nSPS) is 19.0. The molecule has 1 aliphatic heterocycles. The summed E-state index contributed by atoms with van der Waals surface area (Å²) < 4.78 is 17.2. The molecule has 0 N–H and O–H groups in total. The first kappa shape index (κ1) is 17.0. The highest BCUT2D eigenvalue weighted by Crippen LogP contribution is 2.22. The monoisotopic (exact) mass is 304 g/mol. The third kappa shape index (κ3) is 4.58. The van der Waals surface area contributed by atoms with E-state index in [2.05, 4.69) is 13.8 Å². The second kappa shape index (κ2) is 7.79. The fraction of sp³-hybridized carbons (Fsp3) is 0.588. The van der Waals surface area contributed by atoms with Crippen molar-refractivity contribution in [3.05, 3.63) is 29.8 Å². The van der Waals surface area contributed by atoms with Crippen molar-refractivity contribution in [1.29, 1.82) is 0 Å². The molecule has 1 aliphatic rings. The largest absolute Gasteiger partial charge is 0.495 e. The Morgan fingerprint density at radius 1 is 1.27 bits per heavy atom. The molecule has 0 unspecified atom stereocenters. The zero-order valence-corrected chi connectivity index (χ0v) is 13.8. The smallest absolute Gasteiger partial charge is 0.462 e. The van der Waals surface area contributed by atoms with E-state index in [4.69, 9.17) is 14.0 Å². The molecule has 0 saturated carbocycles. The lowest BCUT2D eigenvalue weighted by molar-refractivity contribution is 0.0521. The van der Waals surface area contributed by atoms with Crippen LogP contribution >= 0.6 is 0 Å². The molecule has 1 fully saturated rings. The molecule has 0 spiro atoms. The van der Waals surface area contributed by atoms with E-state index < -0.39 is 7.12 Å². The Bertz CT molecular complexity index is 501. The molecule has 1 heterocycles. The molecule has 1 aromatic carbocycles. The lowest BCUT2D eigenvalue weighted by atomic mass is 9.74. The molecule has 0 bridgehead atoms. The van der Waals surface area contributed by atoms with Crippen molar-refractivity contribution in [2.45, 2.75) is 52.1 Å². The molecular formula is C17H25BO4. The predicted octanol–water partition coefficient (Wildman–Crippen LogP) is 2.94. The molecule has 0 radical (unpaired) electrons. The number of ether oxygens (including phenoxy) is 1. The topological polar surface area (TPSA) is 44.8 Å². The van der Waals surface area contributed by atoms with Crippen LogP contribution in [0.15, 0.2) is 24.3 Å². The van der Waals surface area contributed by atoms with Crippen molar-refractivity contribution in [2.24, 2.45) is 0 Å². The van der Waals surface area contributed by atoms with Crippen LogP contribution < -0.4 is 5.46 Å². The molecule has 22 heavy (non-hydrogen) atoms. The van der Waals surface area contributed by atoms with Crippen LogP contribution in [0.3, 0.4) is 0 Å². The number of hydrogen-bond donors (Lipinski definition) is 0. The molecule has 1 saturated heterocycles. The minimum absolute atomic E-state index is 0.281. The summed E-state index contributed by atoms with van der Waals surface area (Å²) in [6.07, 6.45) is 4.26. The molecule has 0 aliphatic carbocycles. The fourth-order valence-electron chi connectivity index (χ4n) is 2.65. The standard InChI is InChI=1S/C17H25BO4/c1-4-20-16(19)14-10-6-7-11-15(14)18-21-13-9-5-8-12-17(2,3)22-18/h6-7,10-11H,4-5,8-9,12-13H2,1-3H3. The van der Waals surface area contributed by atoms with E-state index in [1.165, 1.54) is 0 Å². The minimum Gasteiger partial charge on any atom is -0.462 e. The summed E-state index contributed by atoms with van der Waals surface area (Å²) in [4.78, 5) is 12.2. The van der Waals surface area contributed by atoms with Gasteiger partial charge in [-0.2, -0.15) is 0 Å². The molecular weight excluding hydrogens is 279 g/mol. The molecule has 1 aromatic rings. The van der Waals surface area contributed by atoms with Crippen molar-refractivity contribution in [3.63, 3.8) is 0 Å². The van der Waals surface area contributed by atoms with E-state index in [1.807, 2.05) is 18.2 Å². The first-order valence-electron chi connectivity index (χ1n) is 8.09. The van der Waals surface area contributed by atoms with E-state index in [1.54, 1.807) is 13.0 Å². The average molecular weight is 304 g/mol. The van der Waals surface area contributed by atoms with Gasteiger partial charge in [-0.25, -0.2) is 4.79 Å². The molecule has 2 rings (SSSR count). The number of benzene rings is 1. The lowest BCUT2D eigenvalue weighted by Crippen LogP contribution is -2.46. The highest BCUT2D eigenvalue weighted by Gasteiger charge is 2.33. The summed E-state index contributed by atoms with van der Waals surface area (Å²) in [5.74, 6) is -0.331. The Kier molecular flexibility index (Phi) is 6.03. The average Bonchev–Trinajstić information content (AvgIpc) is 2.57. The molecule has 0 amide bonds. The highest BCUT2D eigenvalue weighted by atomic mass is 16.6. The number of rotatable bonds is 3. The van der Waals surface area contributed by atoms with Gasteiger partial charge in [0, 0.05) is 12.2 Å². The van der Waals surface area contributed by atoms with Gasteiger partial charge in [0.1, 0.15) is 0 Å². The van der Waals surface area contributed by atoms with Gasteiger partial charge in [0.2, 0.25) is 0 Å². The van der Waals surface area contributed by atoms with Gasteiger partial charge in [-0.05, 0) is 45.1 Å². The SMILES string of the molecule is CCOC(=O)c1ccccc1B1OCCCCCC(C)(C)O1. The second-order valence-corrected chi connectivity index (χ2v) is 6.20. The van der Waals surface area contributed by atoms with Crippen LogP contribution in [0.2, 0.25) is 0 Å². The van der Waals surface area contributed by atoms with Gasteiger partial charge in [-0.15, -0.1) is 0 Å². The number of carbonyl (C=O) groups is 1.